The monoisotopic (exact) mass is 905 g/mol. The van der Waals surface area contributed by atoms with Gasteiger partial charge in [0, 0.05) is 60.8 Å². The second kappa shape index (κ2) is 15.6. The normalized spacial score (nSPS) is 20.9. The second-order valence-electron chi connectivity index (χ2n) is 17.6. The molecule has 15 nitrogen and oxygen atoms in total. The average molecular weight is 906 g/mol. The molecule has 0 radical (unpaired) electrons. The summed E-state index contributed by atoms with van der Waals surface area (Å²) in [5, 5.41) is 10.1. The van der Waals surface area contributed by atoms with E-state index in [2.05, 4.69) is 35.3 Å². The van der Waals surface area contributed by atoms with Gasteiger partial charge in [-0.1, -0.05) is 31.5 Å². The summed E-state index contributed by atoms with van der Waals surface area (Å²) in [5.74, 6) is -1.17. The zero-order valence-electron chi connectivity index (χ0n) is 36.7. The number of aromatic nitrogens is 7. The van der Waals surface area contributed by atoms with Crippen LogP contribution in [0.1, 0.15) is 103 Å². The fourth-order valence-corrected chi connectivity index (χ4v) is 11.2. The van der Waals surface area contributed by atoms with Crippen LogP contribution in [0.5, 0.6) is 0 Å². The number of nitrogens with one attached hydrogen (secondary N) is 2. The van der Waals surface area contributed by atoms with E-state index in [-0.39, 0.29) is 40.5 Å². The van der Waals surface area contributed by atoms with Gasteiger partial charge < -0.3 is 14.2 Å². The van der Waals surface area contributed by atoms with Crippen molar-refractivity contribution in [1.82, 2.24) is 38.5 Å². The minimum atomic E-state index is -3.23. The number of hydrogen-bond acceptors (Lipinski definition) is 9. The third-order valence-electron chi connectivity index (χ3n) is 13.9. The molecule has 7 aromatic rings. The zero-order chi connectivity index (χ0) is 45.7. The largest absolute Gasteiger partial charge is 0.438 e. The first-order valence-electron chi connectivity index (χ1n) is 22.0. The molecular formula is C47H49F2N9O6S. The Morgan fingerprint density at radius 2 is 1.74 bits per heavy atom. The number of rotatable bonds is 10. The highest BCUT2D eigenvalue weighted by Crippen LogP contribution is 2.58. The lowest BCUT2D eigenvalue weighted by Crippen LogP contribution is -2.41. The number of benzene rings is 3. The van der Waals surface area contributed by atoms with E-state index >= 15 is 13.6 Å². The van der Waals surface area contributed by atoms with Crippen LogP contribution in [0.4, 0.5) is 8.78 Å². The summed E-state index contributed by atoms with van der Waals surface area (Å²) in [5.41, 5.74) is 3.19. The summed E-state index contributed by atoms with van der Waals surface area (Å²) in [6, 6.07) is 14.6. The minimum Gasteiger partial charge on any atom is -0.381 e. The van der Waals surface area contributed by atoms with Gasteiger partial charge in [0.1, 0.15) is 28.7 Å². The molecule has 4 atom stereocenters. The Morgan fingerprint density at radius 1 is 1.00 bits per heavy atom. The summed E-state index contributed by atoms with van der Waals surface area (Å²) in [6.45, 7) is 10.5. The van der Waals surface area contributed by atoms with E-state index in [0.717, 1.165) is 46.4 Å². The van der Waals surface area contributed by atoms with Crippen LogP contribution in [-0.2, 0) is 26.4 Å². The van der Waals surface area contributed by atoms with Crippen molar-refractivity contribution in [3.05, 3.63) is 139 Å². The number of amides is 1. The number of carbonyl (C=O) groups is 1. The second-order valence-corrected chi connectivity index (χ2v) is 20.0. The molecule has 1 amide bonds. The van der Waals surface area contributed by atoms with Gasteiger partial charge in [-0.3, -0.25) is 23.4 Å². The molecule has 3 aromatic carbocycles. The molecule has 65 heavy (non-hydrogen) atoms. The van der Waals surface area contributed by atoms with Gasteiger partial charge in [0.2, 0.25) is 0 Å². The fraction of sp³-hybridized carbons (Fsp3) is 0.383. The van der Waals surface area contributed by atoms with Gasteiger partial charge in [-0.25, -0.2) is 32.0 Å². The summed E-state index contributed by atoms with van der Waals surface area (Å²) in [6.07, 6.45) is 6.38. The van der Waals surface area contributed by atoms with Crippen molar-refractivity contribution in [3.8, 4) is 17.2 Å². The molecule has 18 heteroatoms. The van der Waals surface area contributed by atoms with E-state index in [1.807, 2.05) is 17.6 Å². The van der Waals surface area contributed by atoms with Crippen LogP contribution in [0.25, 0.3) is 28.1 Å². The predicted octanol–water partition coefficient (Wildman–Crippen LogP) is 7.59. The summed E-state index contributed by atoms with van der Waals surface area (Å²) >= 11 is 0. The highest BCUT2D eigenvalue weighted by Gasteiger charge is 2.60. The molecule has 2 N–H and O–H groups in total. The van der Waals surface area contributed by atoms with Crippen molar-refractivity contribution < 1.29 is 27.0 Å². The highest BCUT2D eigenvalue weighted by atomic mass is 32.2. The van der Waals surface area contributed by atoms with Crippen LogP contribution in [0.3, 0.4) is 0 Å². The molecule has 1 saturated heterocycles. The Labute approximate surface area is 372 Å². The van der Waals surface area contributed by atoms with E-state index in [9.17, 15) is 13.8 Å². The zero-order valence-corrected chi connectivity index (χ0v) is 37.5. The number of H-pyrrole nitrogens is 1. The van der Waals surface area contributed by atoms with Gasteiger partial charge >= 0.3 is 11.4 Å². The third kappa shape index (κ3) is 6.73. The quantitative estimate of drug-likeness (QED) is 0.141. The molecule has 0 spiro atoms. The molecule has 4 aromatic heterocycles. The Bertz CT molecular complexity index is 3280. The van der Waals surface area contributed by atoms with E-state index in [1.165, 1.54) is 29.1 Å². The van der Waals surface area contributed by atoms with Crippen LogP contribution >= 0.6 is 0 Å². The SMILES string of the molecule is CC[C@H]1C[C@]1(c1noc(=O)[nH]1)n1c(C(=O)N2CCc3nn(-c4cc(C)c(F)c(C)c4)c(-n4ccn(-c5ccc([S@@](=N)(=O)CC)cc5F)c4=O)c3[C@@H]2C)cc2cc(C3CCOCC3)ccc21. The average Bonchev–Trinajstić information content (AvgIpc) is 3.70. The number of fused-ring (bicyclic) bond motifs is 2. The van der Waals surface area contributed by atoms with Gasteiger partial charge in [-0.05, 0) is 117 Å². The summed E-state index contributed by atoms with van der Waals surface area (Å²) in [7, 11) is -3.23. The van der Waals surface area contributed by atoms with E-state index in [4.69, 9.17) is 19.1 Å². The van der Waals surface area contributed by atoms with E-state index < -0.39 is 38.6 Å². The molecule has 2 fully saturated rings. The maximum atomic E-state index is 15.8. The van der Waals surface area contributed by atoms with Crippen molar-refractivity contribution in [1.29, 1.82) is 4.78 Å². The Morgan fingerprint density at radius 3 is 2.40 bits per heavy atom. The van der Waals surface area contributed by atoms with Crippen LogP contribution in [0.2, 0.25) is 0 Å². The molecule has 0 unspecified atom stereocenters. The van der Waals surface area contributed by atoms with Crippen molar-refractivity contribution in [2.75, 3.05) is 25.5 Å². The lowest BCUT2D eigenvalue weighted by Gasteiger charge is -2.34. The number of ether oxygens (including phenoxy) is 1. The third-order valence-corrected chi connectivity index (χ3v) is 15.7. The molecule has 1 saturated carbocycles. The minimum absolute atomic E-state index is 0.000357. The first-order valence-corrected chi connectivity index (χ1v) is 23.8. The standard InChI is InChI=1S/C47H49F2N9O6S/c1-6-32-25-47(32,44-51-45(60)64-53-44)57-37-10-8-30(29-13-18-63-19-14-29)22-31(37)23-39(57)43(59)54-15-12-36-40(28(54)5)42(58(52-36)33-20-26(3)41(49)27(4)21-33)56-17-16-55(46(56)61)38-11-9-34(24-35(38)48)65(50,62)7-2/h8-11,16-17,20-24,28-29,32,50H,6-7,12-15,18-19,25H2,1-5H3,(H,51,53,60)/t28-,32-,47-,65-/m0/s1. The Kier molecular flexibility index (Phi) is 10.2. The molecule has 3 aliphatic rings. The van der Waals surface area contributed by atoms with Crippen LogP contribution in [-0.4, -0.2) is 74.1 Å². The van der Waals surface area contributed by atoms with Crippen LogP contribution in [0.15, 0.2) is 86.0 Å². The lowest BCUT2D eigenvalue weighted by molar-refractivity contribution is 0.0663. The topological polar surface area (TPSA) is 179 Å². The molecule has 2 aliphatic heterocycles. The number of nitrogens with zero attached hydrogens (tertiary/aromatic N) is 7. The fourth-order valence-electron chi connectivity index (χ4n) is 10.3. The molecular weight excluding hydrogens is 857 g/mol. The molecule has 10 rings (SSSR count). The van der Waals surface area contributed by atoms with E-state index in [0.29, 0.717) is 77.4 Å². The van der Waals surface area contributed by atoms with Gasteiger partial charge in [0.15, 0.2) is 5.82 Å². The highest BCUT2D eigenvalue weighted by molar-refractivity contribution is 7.92. The molecule has 6 heterocycles. The number of imidazole rings is 1. The van der Waals surface area contributed by atoms with E-state index in [1.54, 1.807) is 42.5 Å². The summed E-state index contributed by atoms with van der Waals surface area (Å²) in [4.78, 5) is 47.2. The lowest BCUT2D eigenvalue weighted by atomic mass is 9.91. The van der Waals surface area contributed by atoms with Crippen molar-refractivity contribution in [3.63, 3.8) is 0 Å². The Hall–Kier alpha value is -6.40. The number of aryl methyl sites for hydroxylation is 2. The van der Waals surface area contributed by atoms with Crippen LogP contribution in [0, 0.1) is 36.2 Å². The molecule has 0 bridgehead atoms. The smallest absolute Gasteiger partial charge is 0.381 e. The van der Waals surface area contributed by atoms with Crippen LogP contribution < -0.4 is 11.4 Å². The van der Waals surface area contributed by atoms with Gasteiger partial charge in [-0.15, -0.1) is 0 Å². The molecule has 1 aliphatic carbocycles. The van der Waals surface area contributed by atoms with Crippen molar-refractivity contribution in [2.45, 2.75) is 89.1 Å². The first-order chi connectivity index (χ1) is 31.2. The van der Waals surface area contributed by atoms with Crippen molar-refractivity contribution >= 4 is 26.5 Å². The Balaban J connectivity index is 1.12. The van der Waals surface area contributed by atoms with Crippen molar-refractivity contribution in [2.24, 2.45) is 5.92 Å². The number of hydrogen-bond donors (Lipinski definition) is 2. The van der Waals surface area contributed by atoms with Gasteiger partial charge in [-0.2, -0.15) is 5.10 Å². The maximum Gasteiger partial charge on any atom is 0.438 e. The van der Waals surface area contributed by atoms with Gasteiger partial charge in [0.25, 0.3) is 5.91 Å². The maximum absolute atomic E-state index is 15.8. The first kappa shape index (κ1) is 42.5. The number of halogens is 2. The molecule has 338 valence electrons. The van der Waals surface area contributed by atoms with Gasteiger partial charge in [0.05, 0.1) is 37.7 Å². The predicted molar refractivity (Wildman–Crippen MR) is 238 cm³/mol. The number of aromatic amines is 1. The number of carbonyl (C=O) groups excluding carboxylic acids is 1. The summed E-state index contributed by atoms with van der Waals surface area (Å²) < 4.78 is 68.7.